The average molecular weight is 279 g/mol. The number of aromatic nitrogens is 2. The summed E-state index contributed by atoms with van der Waals surface area (Å²) in [5.74, 6) is 1.49. The van der Waals surface area contributed by atoms with Gasteiger partial charge in [0, 0.05) is 18.5 Å². The van der Waals surface area contributed by atoms with Crippen LogP contribution >= 0.6 is 0 Å². The molecule has 0 aliphatic rings. The third kappa shape index (κ3) is 5.17. The molecule has 4 heteroatoms. The minimum absolute atomic E-state index is 0.0471. The maximum absolute atomic E-state index is 5.29. The SMILES string of the molecule is COC(C)c1nc(C)c(CCCNCC(C)C)c(C)n1. The Bertz CT molecular complexity index is 395. The van der Waals surface area contributed by atoms with Crippen LogP contribution in [0.3, 0.4) is 0 Å². The Morgan fingerprint density at radius 3 is 2.20 bits per heavy atom. The van der Waals surface area contributed by atoms with Gasteiger partial charge in [0.25, 0.3) is 0 Å². The zero-order valence-electron chi connectivity index (χ0n) is 13.8. The van der Waals surface area contributed by atoms with Crippen molar-refractivity contribution in [1.29, 1.82) is 0 Å². The topological polar surface area (TPSA) is 47.0 Å². The summed E-state index contributed by atoms with van der Waals surface area (Å²) < 4.78 is 5.29. The lowest BCUT2D eigenvalue weighted by molar-refractivity contribution is 0.111. The first-order valence-corrected chi connectivity index (χ1v) is 7.53. The second-order valence-corrected chi connectivity index (χ2v) is 5.81. The second-order valence-electron chi connectivity index (χ2n) is 5.81. The third-order valence-corrected chi connectivity index (χ3v) is 3.49. The van der Waals surface area contributed by atoms with Crippen molar-refractivity contribution in [3.63, 3.8) is 0 Å². The Balaban J connectivity index is 2.58. The maximum atomic E-state index is 5.29. The van der Waals surface area contributed by atoms with Gasteiger partial charge in [0.2, 0.25) is 0 Å². The number of nitrogens with one attached hydrogen (secondary N) is 1. The van der Waals surface area contributed by atoms with Gasteiger partial charge in [0.1, 0.15) is 6.10 Å². The van der Waals surface area contributed by atoms with Gasteiger partial charge in [-0.3, -0.25) is 0 Å². The predicted octanol–water partition coefficient (Wildman–Crippen LogP) is 2.98. The van der Waals surface area contributed by atoms with E-state index < -0.39 is 0 Å². The molecule has 1 heterocycles. The van der Waals surface area contributed by atoms with Crippen LogP contribution in [0.5, 0.6) is 0 Å². The molecule has 4 nitrogen and oxygen atoms in total. The van der Waals surface area contributed by atoms with Gasteiger partial charge in [0.05, 0.1) is 0 Å². The van der Waals surface area contributed by atoms with E-state index in [0.29, 0.717) is 5.92 Å². The number of aryl methyl sites for hydroxylation is 2. The summed E-state index contributed by atoms with van der Waals surface area (Å²) in [5, 5.41) is 3.47. The molecule has 0 aliphatic heterocycles. The van der Waals surface area contributed by atoms with Crippen LogP contribution in [0.25, 0.3) is 0 Å². The maximum Gasteiger partial charge on any atom is 0.157 e. The van der Waals surface area contributed by atoms with Crippen molar-refractivity contribution in [1.82, 2.24) is 15.3 Å². The van der Waals surface area contributed by atoms with Crippen molar-refractivity contribution in [3.05, 3.63) is 22.8 Å². The smallest absolute Gasteiger partial charge is 0.157 e. The molecule has 1 atom stereocenters. The molecule has 0 saturated carbocycles. The van der Waals surface area contributed by atoms with E-state index in [1.165, 1.54) is 5.56 Å². The zero-order chi connectivity index (χ0) is 15.1. The number of rotatable bonds is 8. The van der Waals surface area contributed by atoms with Crippen molar-refractivity contribution in [2.75, 3.05) is 20.2 Å². The molecule has 1 N–H and O–H groups in total. The average Bonchev–Trinajstić information content (AvgIpc) is 2.39. The number of hydrogen-bond acceptors (Lipinski definition) is 4. The van der Waals surface area contributed by atoms with Gasteiger partial charge in [-0.25, -0.2) is 9.97 Å². The summed E-state index contributed by atoms with van der Waals surface area (Å²) in [7, 11) is 1.69. The zero-order valence-corrected chi connectivity index (χ0v) is 13.8. The highest BCUT2D eigenvalue weighted by atomic mass is 16.5. The van der Waals surface area contributed by atoms with E-state index in [1.807, 2.05) is 6.92 Å². The van der Waals surface area contributed by atoms with E-state index in [0.717, 1.165) is 43.1 Å². The number of hydrogen-bond donors (Lipinski definition) is 1. The van der Waals surface area contributed by atoms with Gasteiger partial charge in [-0.05, 0) is 58.2 Å². The van der Waals surface area contributed by atoms with Gasteiger partial charge in [-0.15, -0.1) is 0 Å². The van der Waals surface area contributed by atoms with Crippen molar-refractivity contribution in [3.8, 4) is 0 Å². The van der Waals surface area contributed by atoms with Gasteiger partial charge in [-0.1, -0.05) is 13.8 Å². The molecular formula is C16H29N3O. The lowest BCUT2D eigenvalue weighted by atomic mass is 10.1. The molecule has 0 aromatic carbocycles. The molecule has 20 heavy (non-hydrogen) atoms. The summed E-state index contributed by atoms with van der Waals surface area (Å²) in [6.07, 6.45) is 2.11. The first-order chi connectivity index (χ1) is 9.45. The largest absolute Gasteiger partial charge is 0.374 e. The van der Waals surface area contributed by atoms with Gasteiger partial charge in [-0.2, -0.15) is 0 Å². The van der Waals surface area contributed by atoms with E-state index in [4.69, 9.17) is 4.74 Å². The van der Waals surface area contributed by atoms with E-state index >= 15 is 0 Å². The summed E-state index contributed by atoms with van der Waals surface area (Å²) in [6, 6.07) is 0. The highest BCUT2D eigenvalue weighted by Crippen LogP contribution is 2.17. The molecule has 0 amide bonds. The van der Waals surface area contributed by atoms with E-state index in [2.05, 4.69) is 43.0 Å². The highest BCUT2D eigenvalue weighted by Gasteiger charge is 2.12. The predicted molar refractivity (Wildman–Crippen MR) is 83.0 cm³/mol. The second kappa shape index (κ2) is 8.32. The van der Waals surface area contributed by atoms with Gasteiger partial charge < -0.3 is 10.1 Å². The normalized spacial score (nSPS) is 12.9. The van der Waals surface area contributed by atoms with Gasteiger partial charge >= 0.3 is 0 Å². The summed E-state index contributed by atoms with van der Waals surface area (Å²) in [4.78, 5) is 9.15. The molecule has 0 aliphatic carbocycles. The van der Waals surface area contributed by atoms with Crippen LogP contribution in [0.15, 0.2) is 0 Å². The van der Waals surface area contributed by atoms with E-state index in [9.17, 15) is 0 Å². The first kappa shape index (κ1) is 17.1. The quantitative estimate of drug-likeness (QED) is 0.743. The van der Waals surface area contributed by atoms with Crippen LogP contribution < -0.4 is 5.32 Å². The molecule has 0 bridgehead atoms. The Morgan fingerprint density at radius 1 is 1.10 bits per heavy atom. The van der Waals surface area contributed by atoms with E-state index in [-0.39, 0.29) is 6.10 Å². The van der Waals surface area contributed by atoms with Gasteiger partial charge in [0.15, 0.2) is 5.82 Å². The lowest BCUT2D eigenvalue weighted by Gasteiger charge is -2.14. The first-order valence-electron chi connectivity index (χ1n) is 7.53. The lowest BCUT2D eigenvalue weighted by Crippen LogP contribution is -2.21. The van der Waals surface area contributed by atoms with Crippen LogP contribution in [0.2, 0.25) is 0 Å². The molecular weight excluding hydrogens is 250 g/mol. The third-order valence-electron chi connectivity index (χ3n) is 3.49. The van der Waals surface area contributed by atoms with Crippen LogP contribution in [-0.2, 0) is 11.2 Å². The molecule has 0 fully saturated rings. The Labute approximate surface area is 123 Å². The fourth-order valence-corrected chi connectivity index (χ4v) is 2.20. The Hall–Kier alpha value is -1.00. The van der Waals surface area contributed by atoms with Crippen LogP contribution in [-0.4, -0.2) is 30.2 Å². The standard InChI is InChI=1S/C16H29N3O/c1-11(2)10-17-9-7-8-15-12(3)18-16(14(5)20-6)19-13(15)4/h11,14,17H,7-10H2,1-6H3. The van der Waals surface area contributed by atoms with Crippen molar-refractivity contribution in [2.45, 2.75) is 53.6 Å². The fraction of sp³-hybridized carbons (Fsp3) is 0.750. The van der Waals surface area contributed by atoms with Crippen LogP contribution in [0.4, 0.5) is 0 Å². The number of nitrogens with zero attached hydrogens (tertiary/aromatic N) is 2. The molecule has 0 saturated heterocycles. The van der Waals surface area contributed by atoms with Crippen molar-refractivity contribution < 1.29 is 4.74 Å². The monoisotopic (exact) mass is 279 g/mol. The molecule has 0 spiro atoms. The molecule has 0 radical (unpaired) electrons. The fourth-order valence-electron chi connectivity index (χ4n) is 2.20. The number of ether oxygens (including phenoxy) is 1. The molecule has 114 valence electrons. The van der Waals surface area contributed by atoms with Crippen molar-refractivity contribution >= 4 is 0 Å². The van der Waals surface area contributed by atoms with Crippen LogP contribution in [0.1, 0.15) is 56.1 Å². The van der Waals surface area contributed by atoms with E-state index in [1.54, 1.807) is 7.11 Å². The number of methoxy groups -OCH3 is 1. The summed E-state index contributed by atoms with van der Waals surface area (Å²) in [5.41, 5.74) is 3.45. The molecule has 1 unspecified atom stereocenters. The molecule has 1 aromatic heterocycles. The molecule has 1 rings (SSSR count). The molecule has 1 aromatic rings. The summed E-state index contributed by atoms with van der Waals surface area (Å²) in [6.45, 7) is 12.7. The minimum Gasteiger partial charge on any atom is -0.374 e. The van der Waals surface area contributed by atoms with Crippen molar-refractivity contribution in [2.24, 2.45) is 5.92 Å². The Kier molecular flexibility index (Phi) is 7.10. The minimum atomic E-state index is -0.0471. The van der Waals surface area contributed by atoms with Crippen LogP contribution in [0, 0.1) is 19.8 Å². The Morgan fingerprint density at radius 2 is 1.70 bits per heavy atom. The summed E-state index contributed by atoms with van der Waals surface area (Å²) >= 11 is 0. The highest BCUT2D eigenvalue weighted by molar-refractivity contribution is 5.24.